The Hall–Kier alpha value is -3.27. The van der Waals surface area contributed by atoms with Crippen LogP contribution in [0.5, 0.6) is 11.5 Å². The number of benzene rings is 3. The van der Waals surface area contributed by atoms with Crippen LogP contribution in [-0.4, -0.2) is 19.1 Å². The molecule has 3 aromatic rings. The van der Waals surface area contributed by atoms with Crippen LogP contribution in [0.1, 0.15) is 18.4 Å². The van der Waals surface area contributed by atoms with Crippen molar-refractivity contribution in [3.05, 3.63) is 90.5 Å². The summed E-state index contributed by atoms with van der Waals surface area (Å²) < 4.78 is 11.3. The van der Waals surface area contributed by atoms with Gasteiger partial charge in [0.2, 0.25) is 5.91 Å². The van der Waals surface area contributed by atoms with Crippen LogP contribution < -0.4 is 14.8 Å². The number of hydrogen-bond acceptors (Lipinski definition) is 3. The average Bonchev–Trinajstić information content (AvgIpc) is 2.74. The summed E-state index contributed by atoms with van der Waals surface area (Å²) in [5.41, 5.74) is 2.03. The minimum atomic E-state index is 0.0286. The zero-order valence-corrected chi connectivity index (χ0v) is 15.8. The molecule has 3 aromatic carbocycles. The van der Waals surface area contributed by atoms with E-state index in [2.05, 4.69) is 17.4 Å². The fourth-order valence-electron chi connectivity index (χ4n) is 2.79. The summed E-state index contributed by atoms with van der Waals surface area (Å²) in [5, 5.41) is 2.92. The van der Waals surface area contributed by atoms with Gasteiger partial charge in [0.05, 0.1) is 0 Å². The van der Waals surface area contributed by atoms with Gasteiger partial charge in [-0.3, -0.25) is 4.79 Å². The zero-order valence-electron chi connectivity index (χ0n) is 15.8. The predicted octanol–water partition coefficient (Wildman–Crippen LogP) is 5.11. The van der Waals surface area contributed by atoms with Gasteiger partial charge in [-0.25, -0.2) is 0 Å². The average molecular weight is 375 g/mol. The zero-order chi connectivity index (χ0) is 19.4. The molecular formula is C24H25NO3. The molecule has 1 amide bonds. The Labute approximate surface area is 166 Å². The van der Waals surface area contributed by atoms with Crippen molar-refractivity contribution in [1.82, 2.24) is 0 Å². The number of nitrogens with one attached hydrogen (secondary N) is 1. The van der Waals surface area contributed by atoms with Crippen molar-refractivity contribution in [1.29, 1.82) is 0 Å². The number of amides is 1. The number of anilines is 1. The van der Waals surface area contributed by atoms with Crippen molar-refractivity contribution in [3.8, 4) is 11.5 Å². The maximum absolute atomic E-state index is 12.1. The van der Waals surface area contributed by atoms with Crippen molar-refractivity contribution < 1.29 is 14.3 Å². The van der Waals surface area contributed by atoms with E-state index in [4.69, 9.17) is 9.47 Å². The van der Waals surface area contributed by atoms with Crippen molar-refractivity contribution in [3.63, 3.8) is 0 Å². The van der Waals surface area contributed by atoms with Gasteiger partial charge >= 0.3 is 0 Å². The highest BCUT2D eigenvalue weighted by Gasteiger charge is 2.03. The van der Waals surface area contributed by atoms with E-state index in [0.29, 0.717) is 19.6 Å². The first kappa shape index (κ1) is 19.5. The van der Waals surface area contributed by atoms with Gasteiger partial charge in [0, 0.05) is 12.1 Å². The van der Waals surface area contributed by atoms with Gasteiger partial charge < -0.3 is 14.8 Å². The second-order valence-corrected chi connectivity index (χ2v) is 6.42. The molecule has 4 nitrogen and oxygen atoms in total. The molecule has 0 saturated heterocycles. The molecule has 4 heteroatoms. The first-order valence-corrected chi connectivity index (χ1v) is 9.54. The highest BCUT2D eigenvalue weighted by Crippen LogP contribution is 2.16. The van der Waals surface area contributed by atoms with Gasteiger partial charge in [-0.15, -0.1) is 0 Å². The molecule has 28 heavy (non-hydrogen) atoms. The predicted molar refractivity (Wildman–Crippen MR) is 112 cm³/mol. The van der Waals surface area contributed by atoms with Gasteiger partial charge in [0.15, 0.2) is 0 Å². The molecule has 0 heterocycles. The van der Waals surface area contributed by atoms with Crippen LogP contribution in [-0.2, 0) is 11.2 Å². The third-order valence-electron chi connectivity index (χ3n) is 4.21. The normalized spacial score (nSPS) is 10.3. The Morgan fingerprint density at radius 1 is 0.714 bits per heavy atom. The third-order valence-corrected chi connectivity index (χ3v) is 4.21. The molecule has 0 unspecified atom stereocenters. The van der Waals surface area contributed by atoms with Crippen LogP contribution in [0.3, 0.4) is 0 Å². The lowest BCUT2D eigenvalue weighted by atomic mass is 10.1. The molecule has 0 bridgehead atoms. The molecular weight excluding hydrogens is 350 g/mol. The number of hydrogen-bond donors (Lipinski definition) is 1. The van der Waals surface area contributed by atoms with Crippen LogP contribution in [0, 0.1) is 0 Å². The monoisotopic (exact) mass is 375 g/mol. The number of para-hydroxylation sites is 1. The Kier molecular flexibility index (Phi) is 7.50. The number of rotatable bonds is 10. The Balaban J connectivity index is 1.33. The van der Waals surface area contributed by atoms with E-state index in [9.17, 15) is 4.79 Å². The third kappa shape index (κ3) is 6.80. The number of carbonyl (C=O) groups is 1. The SMILES string of the molecule is O=C(CCCc1ccccc1)Nc1ccc(OCCOc2ccccc2)cc1. The molecule has 0 aliphatic rings. The number of carbonyl (C=O) groups excluding carboxylic acids is 1. The van der Waals surface area contributed by atoms with Gasteiger partial charge in [0.1, 0.15) is 24.7 Å². The van der Waals surface area contributed by atoms with Gasteiger partial charge in [-0.05, 0) is 54.8 Å². The molecule has 0 spiro atoms. The summed E-state index contributed by atoms with van der Waals surface area (Å²) in [4.78, 5) is 12.1. The fraction of sp³-hybridized carbons (Fsp3) is 0.208. The minimum Gasteiger partial charge on any atom is -0.490 e. The molecule has 144 valence electrons. The van der Waals surface area contributed by atoms with E-state index in [1.54, 1.807) is 0 Å². The minimum absolute atomic E-state index is 0.0286. The Morgan fingerprint density at radius 2 is 1.29 bits per heavy atom. The summed E-state index contributed by atoms with van der Waals surface area (Å²) >= 11 is 0. The molecule has 0 fully saturated rings. The fourth-order valence-corrected chi connectivity index (χ4v) is 2.79. The van der Waals surface area contributed by atoms with Crippen molar-refractivity contribution in [2.24, 2.45) is 0 Å². The Bertz CT molecular complexity index is 833. The van der Waals surface area contributed by atoms with Crippen LogP contribution in [0.2, 0.25) is 0 Å². The Morgan fingerprint density at radius 3 is 1.93 bits per heavy atom. The number of aryl methyl sites for hydroxylation is 1. The molecule has 0 aliphatic heterocycles. The van der Waals surface area contributed by atoms with E-state index in [0.717, 1.165) is 30.0 Å². The summed E-state index contributed by atoms with van der Waals surface area (Å²) in [6.45, 7) is 0.935. The highest BCUT2D eigenvalue weighted by molar-refractivity contribution is 5.90. The molecule has 0 aromatic heterocycles. The van der Waals surface area contributed by atoms with Crippen molar-refractivity contribution >= 4 is 11.6 Å². The van der Waals surface area contributed by atoms with Crippen LogP contribution in [0.4, 0.5) is 5.69 Å². The lowest BCUT2D eigenvalue weighted by molar-refractivity contribution is -0.116. The molecule has 0 saturated carbocycles. The van der Waals surface area contributed by atoms with Gasteiger partial charge in [-0.1, -0.05) is 48.5 Å². The van der Waals surface area contributed by atoms with E-state index in [1.807, 2.05) is 72.8 Å². The molecule has 0 radical (unpaired) electrons. The molecule has 0 atom stereocenters. The largest absolute Gasteiger partial charge is 0.490 e. The van der Waals surface area contributed by atoms with Gasteiger partial charge in [-0.2, -0.15) is 0 Å². The van der Waals surface area contributed by atoms with Gasteiger partial charge in [0.25, 0.3) is 0 Å². The van der Waals surface area contributed by atoms with E-state index in [-0.39, 0.29) is 5.91 Å². The second kappa shape index (κ2) is 10.8. The first-order valence-electron chi connectivity index (χ1n) is 9.54. The maximum atomic E-state index is 12.1. The van der Waals surface area contributed by atoms with Crippen LogP contribution >= 0.6 is 0 Å². The number of ether oxygens (including phenoxy) is 2. The van der Waals surface area contributed by atoms with E-state index in [1.165, 1.54) is 5.56 Å². The van der Waals surface area contributed by atoms with Crippen LogP contribution in [0.25, 0.3) is 0 Å². The quantitative estimate of drug-likeness (QED) is 0.501. The summed E-state index contributed by atoms with van der Waals surface area (Å²) in [5.74, 6) is 1.61. The molecule has 3 rings (SSSR count). The summed E-state index contributed by atoms with van der Waals surface area (Å²) in [7, 11) is 0. The first-order chi connectivity index (χ1) is 13.8. The highest BCUT2D eigenvalue weighted by atomic mass is 16.5. The lowest BCUT2D eigenvalue weighted by Crippen LogP contribution is -2.11. The van der Waals surface area contributed by atoms with Crippen molar-refractivity contribution in [2.75, 3.05) is 18.5 Å². The maximum Gasteiger partial charge on any atom is 0.224 e. The topological polar surface area (TPSA) is 47.6 Å². The van der Waals surface area contributed by atoms with Crippen molar-refractivity contribution in [2.45, 2.75) is 19.3 Å². The summed E-state index contributed by atoms with van der Waals surface area (Å²) in [6.07, 6.45) is 2.24. The smallest absolute Gasteiger partial charge is 0.224 e. The van der Waals surface area contributed by atoms with Crippen LogP contribution in [0.15, 0.2) is 84.9 Å². The standard InChI is InChI=1S/C24H25NO3/c26-24(13-7-10-20-8-3-1-4-9-20)25-21-14-16-23(17-15-21)28-19-18-27-22-11-5-2-6-12-22/h1-6,8-9,11-12,14-17H,7,10,13,18-19H2,(H,25,26). The lowest BCUT2D eigenvalue weighted by Gasteiger charge is -2.09. The van der Waals surface area contributed by atoms with E-state index >= 15 is 0 Å². The molecule has 1 N–H and O–H groups in total. The summed E-state index contributed by atoms with van der Waals surface area (Å²) in [6, 6.07) is 27.3. The molecule has 0 aliphatic carbocycles. The second-order valence-electron chi connectivity index (χ2n) is 6.42. The van der Waals surface area contributed by atoms with E-state index < -0.39 is 0 Å².